The van der Waals surface area contributed by atoms with Crippen molar-refractivity contribution in [3.05, 3.63) is 88.9 Å². The molecule has 2 amide bonds. The van der Waals surface area contributed by atoms with Gasteiger partial charge in [-0.25, -0.2) is 8.42 Å². The van der Waals surface area contributed by atoms with Crippen molar-refractivity contribution in [1.29, 1.82) is 0 Å². The third-order valence-corrected chi connectivity index (χ3v) is 7.80. The van der Waals surface area contributed by atoms with Crippen molar-refractivity contribution in [3.63, 3.8) is 0 Å². The van der Waals surface area contributed by atoms with E-state index in [9.17, 15) is 18.0 Å². The molecule has 9 heteroatoms. The molecule has 1 aliphatic heterocycles. The lowest BCUT2D eigenvalue weighted by molar-refractivity contribution is -0.120. The number of anilines is 2. The topological polar surface area (TPSA) is 86.8 Å². The summed E-state index contributed by atoms with van der Waals surface area (Å²) in [7, 11) is -4.02. The van der Waals surface area contributed by atoms with Crippen molar-refractivity contribution in [1.82, 2.24) is 5.32 Å². The summed E-state index contributed by atoms with van der Waals surface area (Å²) in [6.45, 7) is 2.35. The molecular formula is C26H26ClN3O4S. The molecule has 35 heavy (non-hydrogen) atoms. The average molecular weight is 512 g/mol. The Balaban J connectivity index is 1.52. The summed E-state index contributed by atoms with van der Waals surface area (Å²) in [6, 6.07) is 20.3. The molecule has 3 aromatic carbocycles. The van der Waals surface area contributed by atoms with Gasteiger partial charge in [-0.05, 0) is 73.0 Å². The fourth-order valence-corrected chi connectivity index (χ4v) is 5.51. The molecule has 1 fully saturated rings. The first kappa shape index (κ1) is 24.8. The maximum Gasteiger partial charge on any atom is 0.264 e. The molecule has 7 nitrogen and oxygen atoms in total. The first-order chi connectivity index (χ1) is 16.7. The van der Waals surface area contributed by atoms with E-state index in [-0.39, 0.29) is 17.3 Å². The van der Waals surface area contributed by atoms with E-state index in [1.165, 1.54) is 24.3 Å². The Bertz CT molecular complexity index is 1340. The Kier molecular flexibility index (Phi) is 7.42. The molecule has 1 N–H and O–H groups in total. The van der Waals surface area contributed by atoms with Crippen LogP contribution in [0.5, 0.6) is 0 Å². The van der Waals surface area contributed by atoms with E-state index < -0.39 is 22.5 Å². The number of amides is 2. The first-order valence-corrected chi connectivity index (χ1v) is 13.1. The summed E-state index contributed by atoms with van der Waals surface area (Å²) in [5.41, 5.74) is 2.88. The lowest BCUT2D eigenvalue weighted by Gasteiger charge is -2.24. The molecule has 0 unspecified atom stereocenters. The van der Waals surface area contributed by atoms with E-state index in [4.69, 9.17) is 11.6 Å². The van der Waals surface area contributed by atoms with Crippen molar-refractivity contribution in [2.45, 2.75) is 31.2 Å². The fourth-order valence-electron chi connectivity index (χ4n) is 3.97. The molecule has 0 spiro atoms. The zero-order chi connectivity index (χ0) is 25.0. The lowest BCUT2D eigenvalue weighted by Crippen LogP contribution is -2.40. The van der Waals surface area contributed by atoms with Gasteiger partial charge in [0, 0.05) is 30.2 Å². The number of sulfonamides is 1. The first-order valence-electron chi connectivity index (χ1n) is 11.2. The maximum absolute atomic E-state index is 13.5. The second-order valence-electron chi connectivity index (χ2n) is 8.40. The van der Waals surface area contributed by atoms with E-state index in [0.717, 1.165) is 27.5 Å². The Morgan fingerprint density at radius 2 is 1.80 bits per heavy atom. The minimum atomic E-state index is -4.02. The van der Waals surface area contributed by atoms with Crippen molar-refractivity contribution in [2.75, 3.05) is 22.3 Å². The van der Waals surface area contributed by atoms with Gasteiger partial charge in [0.15, 0.2) is 0 Å². The van der Waals surface area contributed by atoms with Crippen LogP contribution >= 0.6 is 11.6 Å². The molecule has 3 aromatic rings. The molecule has 0 aliphatic carbocycles. The van der Waals surface area contributed by atoms with E-state index in [1.807, 2.05) is 37.3 Å². The molecule has 0 radical (unpaired) electrons. The number of hydrogen-bond donors (Lipinski definition) is 1. The van der Waals surface area contributed by atoms with Crippen LogP contribution < -0.4 is 14.5 Å². The van der Waals surface area contributed by atoms with Gasteiger partial charge in [0.2, 0.25) is 11.8 Å². The van der Waals surface area contributed by atoms with Crippen LogP contribution in [-0.2, 0) is 26.2 Å². The Labute approximate surface area is 210 Å². The van der Waals surface area contributed by atoms with Crippen LogP contribution in [0.3, 0.4) is 0 Å². The fraction of sp³-hybridized carbons (Fsp3) is 0.231. The Morgan fingerprint density at radius 3 is 2.49 bits per heavy atom. The second-order valence-corrected chi connectivity index (χ2v) is 10.7. The van der Waals surface area contributed by atoms with Crippen molar-refractivity contribution >= 4 is 44.8 Å². The predicted octanol–water partition coefficient (Wildman–Crippen LogP) is 4.29. The maximum atomic E-state index is 13.5. The minimum absolute atomic E-state index is 0.0409. The monoisotopic (exact) mass is 511 g/mol. The number of carbonyl (C=O) groups is 2. The van der Waals surface area contributed by atoms with Crippen LogP contribution in [0.25, 0.3) is 0 Å². The standard InChI is InChI=1S/C26H26ClN3O4S/c1-19-5-2-8-23(15-19)30(35(33,34)24-12-10-21(27)11-13-24)18-25(31)28-17-20-6-3-7-22(16-20)29-14-4-9-26(29)32/h2-3,5-8,10-13,15-16H,4,9,14,17-18H2,1H3,(H,28,31). The van der Waals surface area contributed by atoms with Gasteiger partial charge in [0.25, 0.3) is 10.0 Å². The smallest absolute Gasteiger partial charge is 0.264 e. The largest absolute Gasteiger partial charge is 0.350 e. The van der Waals surface area contributed by atoms with E-state index in [1.54, 1.807) is 23.1 Å². The highest BCUT2D eigenvalue weighted by atomic mass is 35.5. The highest BCUT2D eigenvalue weighted by molar-refractivity contribution is 7.92. The summed E-state index contributed by atoms with van der Waals surface area (Å²) < 4.78 is 28.0. The van der Waals surface area contributed by atoms with Gasteiger partial charge in [0.1, 0.15) is 6.54 Å². The number of aryl methyl sites for hydroxylation is 1. The third kappa shape index (κ3) is 5.83. The van der Waals surface area contributed by atoms with Crippen LogP contribution in [0.4, 0.5) is 11.4 Å². The van der Waals surface area contributed by atoms with Crippen molar-refractivity contribution < 1.29 is 18.0 Å². The number of nitrogens with zero attached hydrogens (tertiary/aromatic N) is 2. The van der Waals surface area contributed by atoms with Gasteiger partial charge < -0.3 is 10.2 Å². The number of hydrogen-bond acceptors (Lipinski definition) is 4. The minimum Gasteiger partial charge on any atom is -0.350 e. The van der Waals surface area contributed by atoms with Gasteiger partial charge in [-0.3, -0.25) is 13.9 Å². The number of carbonyl (C=O) groups excluding carboxylic acids is 2. The summed E-state index contributed by atoms with van der Waals surface area (Å²) in [5, 5.41) is 3.22. The van der Waals surface area contributed by atoms with Crippen molar-refractivity contribution in [3.8, 4) is 0 Å². The van der Waals surface area contributed by atoms with Gasteiger partial charge in [-0.2, -0.15) is 0 Å². The SMILES string of the molecule is Cc1cccc(N(CC(=O)NCc2cccc(N3CCCC3=O)c2)S(=O)(=O)c2ccc(Cl)cc2)c1. The van der Waals surface area contributed by atoms with Crippen molar-refractivity contribution in [2.24, 2.45) is 0 Å². The van der Waals surface area contributed by atoms with Crippen LogP contribution in [-0.4, -0.2) is 33.3 Å². The second kappa shape index (κ2) is 10.5. The van der Waals surface area contributed by atoms with E-state index in [0.29, 0.717) is 23.7 Å². The normalized spacial score (nSPS) is 13.7. The summed E-state index contributed by atoms with van der Waals surface area (Å²) >= 11 is 5.93. The zero-order valence-corrected chi connectivity index (χ0v) is 20.8. The molecule has 1 saturated heterocycles. The van der Waals surface area contributed by atoms with Gasteiger partial charge >= 0.3 is 0 Å². The number of halogens is 1. The summed E-state index contributed by atoms with van der Waals surface area (Å²) in [5.74, 6) is -0.362. The zero-order valence-electron chi connectivity index (χ0n) is 19.3. The molecule has 182 valence electrons. The molecule has 1 heterocycles. The molecule has 4 rings (SSSR count). The number of nitrogens with one attached hydrogen (secondary N) is 1. The molecule has 0 atom stereocenters. The number of benzene rings is 3. The average Bonchev–Trinajstić information content (AvgIpc) is 3.27. The highest BCUT2D eigenvalue weighted by Crippen LogP contribution is 2.26. The predicted molar refractivity (Wildman–Crippen MR) is 137 cm³/mol. The molecule has 0 bridgehead atoms. The van der Waals surface area contributed by atoms with Gasteiger partial charge in [-0.15, -0.1) is 0 Å². The quantitative estimate of drug-likeness (QED) is 0.489. The van der Waals surface area contributed by atoms with Gasteiger partial charge in [0.05, 0.1) is 10.6 Å². The Morgan fingerprint density at radius 1 is 1.06 bits per heavy atom. The Hall–Kier alpha value is -3.36. The lowest BCUT2D eigenvalue weighted by atomic mass is 10.2. The van der Waals surface area contributed by atoms with Crippen LogP contribution in [0, 0.1) is 6.92 Å². The molecule has 1 aliphatic rings. The van der Waals surface area contributed by atoms with Crippen LogP contribution in [0.2, 0.25) is 5.02 Å². The molecule has 0 saturated carbocycles. The molecule has 0 aromatic heterocycles. The van der Waals surface area contributed by atoms with E-state index in [2.05, 4.69) is 5.32 Å². The van der Waals surface area contributed by atoms with Crippen LogP contribution in [0.15, 0.2) is 77.7 Å². The summed E-state index contributed by atoms with van der Waals surface area (Å²) in [6.07, 6.45) is 1.37. The van der Waals surface area contributed by atoms with E-state index >= 15 is 0 Å². The third-order valence-electron chi connectivity index (χ3n) is 5.76. The number of rotatable bonds is 8. The van der Waals surface area contributed by atoms with Gasteiger partial charge in [-0.1, -0.05) is 35.9 Å². The molecular weight excluding hydrogens is 486 g/mol. The van der Waals surface area contributed by atoms with Crippen LogP contribution in [0.1, 0.15) is 24.0 Å². The summed E-state index contributed by atoms with van der Waals surface area (Å²) in [4.78, 5) is 26.7. The highest BCUT2D eigenvalue weighted by Gasteiger charge is 2.27.